The molecule has 1 aromatic carbocycles. The molecule has 23 heavy (non-hydrogen) atoms. The first-order valence-electron chi connectivity index (χ1n) is 6.68. The van der Waals surface area contributed by atoms with E-state index >= 15 is 0 Å². The quantitative estimate of drug-likeness (QED) is 0.767. The summed E-state index contributed by atoms with van der Waals surface area (Å²) < 4.78 is 5.55. The van der Waals surface area contributed by atoms with Crippen molar-refractivity contribution in [3.63, 3.8) is 0 Å². The van der Waals surface area contributed by atoms with Crippen molar-refractivity contribution in [2.45, 2.75) is 12.5 Å². The molecule has 1 heterocycles. The Hall–Kier alpha value is -2.48. The SMILES string of the molecule is COC(=O)C[C@H](NC(=O)c1ccc(=O)[nH]n1)c1ccc(Br)cc1. The molecule has 1 aromatic heterocycles. The number of carbonyl (C=O) groups excluding carboxylic acids is 2. The number of H-pyrrole nitrogens is 1. The van der Waals surface area contributed by atoms with Crippen molar-refractivity contribution in [3.8, 4) is 0 Å². The van der Waals surface area contributed by atoms with Gasteiger partial charge in [-0.2, -0.15) is 5.10 Å². The highest BCUT2D eigenvalue weighted by Gasteiger charge is 2.20. The van der Waals surface area contributed by atoms with Crippen LogP contribution in [0.2, 0.25) is 0 Å². The third-order valence-electron chi connectivity index (χ3n) is 3.09. The molecule has 0 aliphatic rings. The molecule has 1 atom stereocenters. The van der Waals surface area contributed by atoms with E-state index < -0.39 is 23.5 Å². The Morgan fingerprint density at radius 3 is 2.52 bits per heavy atom. The topological polar surface area (TPSA) is 101 Å². The van der Waals surface area contributed by atoms with Gasteiger partial charge in [-0.25, -0.2) is 5.10 Å². The molecule has 0 bridgehead atoms. The summed E-state index contributed by atoms with van der Waals surface area (Å²) in [6, 6.07) is 9.14. The summed E-state index contributed by atoms with van der Waals surface area (Å²) in [5.74, 6) is -0.953. The van der Waals surface area contributed by atoms with Crippen molar-refractivity contribution in [2.24, 2.45) is 0 Å². The van der Waals surface area contributed by atoms with Crippen LogP contribution in [-0.4, -0.2) is 29.2 Å². The molecular weight excluding hydrogens is 366 g/mol. The van der Waals surface area contributed by atoms with Gasteiger partial charge in [0, 0.05) is 10.5 Å². The number of rotatable bonds is 5. The van der Waals surface area contributed by atoms with E-state index in [4.69, 9.17) is 0 Å². The van der Waals surface area contributed by atoms with E-state index in [0.717, 1.165) is 10.0 Å². The van der Waals surface area contributed by atoms with Crippen molar-refractivity contribution >= 4 is 27.8 Å². The van der Waals surface area contributed by atoms with E-state index in [9.17, 15) is 14.4 Å². The largest absolute Gasteiger partial charge is 0.469 e. The normalized spacial score (nSPS) is 11.6. The van der Waals surface area contributed by atoms with Gasteiger partial charge in [0.15, 0.2) is 0 Å². The molecule has 0 saturated carbocycles. The lowest BCUT2D eigenvalue weighted by Crippen LogP contribution is -2.31. The number of aromatic amines is 1. The van der Waals surface area contributed by atoms with E-state index in [1.807, 2.05) is 12.1 Å². The summed E-state index contributed by atoms with van der Waals surface area (Å²) in [5, 5.41) is 8.57. The number of ether oxygens (including phenoxy) is 1. The van der Waals surface area contributed by atoms with Gasteiger partial charge in [0.25, 0.3) is 11.5 Å². The van der Waals surface area contributed by atoms with Gasteiger partial charge in [0.2, 0.25) is 0 Å². The molecule has 1 amide bonds. The number of methoxy groups -OCH3 is 1. The summed E-state index contributed by atoms with van der Waals surface area (Å²) in [4.78, 5) is 34.8. The van der Waals surface area contributed by atoms with Crippen LogP contribution in [0, 0.1) is 0 Å². The number of carbonyl (C=O) groups is 2. The van der Waals surface area contributed by atoms with Gasteiger partial charge in [0.1, 0.15) is 5.69 Å². The fourth-order valence-corrected chi connectivity index (χ4v) is 2.16. The van der Waals surface area contributed by atoms with E-state index in [0.29, 0.717) is 0 Å². The number of benzene rings is 1. The highest BCUT2D eigenvalue weighted by molar-refractivity contribution is 9.10. The molecule has 0 aliphatic heterocycles. The molecule has 2 N–H and O–H groups in total. The minimum Gasteiger partial charge on any atom is -0.469 e. The lowest BCUT2D eigenvalue weighted by Gasteiger charge is -2.18. The summed E-state index contributed by atoms with van der Waals surface area (Å²) in [7, 11) is 1.28. The van der Waals surface area contributed by atoms with Crippen LogP contribution in [0.1, 0.15) is 28.5 Å². The van der Waals surface area contributed by atoms with Gasteiger partial charge < -0.3 is 10.1 Å². The summed E-state index contributed by atoms with van der Waals surface area (Å²) in [6.45, 7) is 0. The van der Waals surface area contributed by atoms with Gasteiger partial charge >= 0.3 is 5.97 Å². The molecule has 0 unspecified atom stereocenters. The molecular formula is C15H14BrN3O4. The first kappa shape index (κ1) is 16.9. The first-order valence-corrected chi connectivity index (χ1v) is 7.48. The van der Waals surface area contributed by atoms with Crippen molar-refractivity contribution < 1.29 is 14.3 Å². The Morgan fingerprint density at radius 1 is 1.26 bits per heavy atom. The van der Waals surface area contributed by atoms with E-state index in [2.05, 4.69) is 36.2 Å². The third-order valence-corrected chi connectivity index (χ3v) is 3.62. The van der Waals surface area contributed by atoms with Crippen LogP contribution in [-0.2, 0) is 9.53 Å². The van der Waals surface area contributed by atoms with Crippen LogP contribution >= 0.6 is 15.9 Å². The lowest BCUT2D eigenvalue weighted by atomic mass is 10.0. The molecule has 0 saturated heterocycles. The Bertz CT molecular complexity index is 738. The Morgan fingerprint density at radius 2 is 1.96 bits per heavy atom. The monoisotopic (exact) mass is 379 g/mol. The highest BCUT2D eigenvalue weighted by atomic mass is 79.9. The molecule has 0 aliphatic carbocycles. The highest BCUT2D eigenvalue weighted by Crippen LogP contribution is 2.20. The first-order chi connectivity index (χ1) is 11.0. The van der Waals surface area contributed by atoms with Gasteiger partial charge in [-0.1, -0.05) is 28.1 Å². The maximum Gasteiger partial charge on any atom is 0.307 e. The van der Waals surface area contributed by atoms with Crippen LogP contribution in [0.3, 0.4) is 0 Å². The summed E-state index contributed by atoms with van der Waals surface area (Å²) in [6.07, 6.45) is -0.0206. The number of nitrogens with one attached hydrogen (secondary N) is 2. The average molecular weight is 380 g/mol. The number of esters is 1. The smallest absolute Gasteiger partial charge is 0.307 e. The predicted molar refractivity (Wildman–Crippen MR) is 85.8 cm³/mol. The second kappa shape index (κ2) is 7.68. The molecule has 8 heteroatoms. The molecule has 2 rings (SSSR count). The fourth-order valence-electron chi connectivity index (χ4n) is 1.90. The fraction of sp³-hybridized carbons (Fsp3) is 0.200. The average Bonchev–Trinajstić information content (AvgIpc) is 2.55. The maximum atomic E-state index is 12.2. The van der Waals surface area contributed by atoms with Crippen LogP contribution in [0.25, 0.3) is 0 Å². The van der Waals surface area contributed by atoms with Crippen molar-refractivity contribution in [1.82, 2.24) is 15.5 Å². The summed E-state index contributed by atoms with van der Waals surface area (Å²) in [5.41, 5.74) is 0.397. The van der Waals surface area contributed by atoms with E-state index in [1.54, 1.807) is 12.1 Å². The number of halogens is 1. The van der Waals surface area contributed by atoms with Gasteiger partial charge in [0.05, 0.1) is 19.6 Å². The number of aromatic nitrogens is 2. The van der Waals surface area contributed by atoms with Crippen LogP contribution in [0.4, 0.5) is 0 Å². The van der Waals surface area contributed by atoms with E-state index in [-0.39, 0.29) is 12.1 Å². The molecule has 120 valence electrons. The summed E-state index contributed by atoms with van der Waals surface area (Å²) >= 11 is 3.33. The van der Waals surface area contributed by atoms with Crippen LogP contribution in [0.15, 0.2) is 45.7 Å². The Kier molecular flexibility index (Phi) is 5.64. The molecule has 0 fully saturated rings. The van der Waals surface area contributed by atoms with Gasteiger partial charge in [-0.05, 0) is 23.8 Å². The van der Waals surface area contributed by atoms with E-state index in [1.165, 1.54) is 19.2 Å². The van der Waals surface area contributed by atoms with Crippen molar-refractivity contribution in [1.29, 1.82) is 0 Å². The number of amides is 1. The Labute approximate surface area is 140 Å². The van der Waals surface area contributed by atoms with Crippen molar-refractivity contribution in [2.75, 3.05) is 7.11 Å². The zero-order chi connectivity index (χ0) is 16.8. The minimum atomic E-state index is -0.572. The second-order valence-corrected chi connectivity index (χ2v) is 5.58. The minimum absolute atomic E-state index is 0.0206. The number of hydrogen-bond donors (Lipinski definition) is 2. The molecule has 0 spiro atoms. The molecule has 7 nitrogen and oxygen atoms in total. The number of nitrogens with zero attached hydrogens (tertiary/aromatic N) is 1. The lowest BCUT2D eigenvalue weighted by molar-refractivity contribution is -0.141. The van der Waals surface area contributed by atoms with Gasteiger partial charge in [-0.3, -0.25) is 14.4 Å². The van der Waals surface area contributed by atoms with Gasteiger partial charge in [-0.15, -0.1) is 0 Å². The maximum absolute atomic E-state index is 12.2. The second-order valence-electron chi connectivity index (χ2n) is 4.66. The molecule has 2 aromatic rings. The number of hydrogen-bond acceptors (Lipinski definition) is 5. The van der Waals surface area contributed by atoms with Crippen LogP contribution in [0.5, 0.6) is 0 Å². The molecule has 0 radical (unpaired) electrons. The standard InChI is InChI=1S/C15H14BrN3O4/c1-23-14(21)8-12(9-2-4-10(16)5-3-9)17-15(22)11-6-7-13(20)19-18-11/h2-7,12H,8H2,1H3,(H,17,22)(H,19,20)/t12-/m0/s1. The van der Waals surface area contributed by atoms with Crippen LogP contribution < -0.4 is 10.9 Å². The zero-order valence-corrected chi connectivity index (χ0v) is 13.8. The van der Waals surface area contributed by atoms with Crippen molar-refractivity contribution in [3.05, 3.63) is 62.5 Å². The Balaban J connectivity index is 2.21. The predicted octanol–water partition coefficient (Wildman–Crippen LogP) is 1.57. The third kappa shape index (κ3) is 4.75. The zero-order valence-electron chi connectivity index (χ0n) is 12.2.